The summed E-state index contributed by atoms with van der Waals surface area (Å²) < 4.78 is 1.89. The monoisotopic (exact) mass is 150 g/mol. The average Bonchev–Trinajstić information content (AvgIpc) is 2.74. The highest BCUT2D eigenvalue weighted by molar-refractivity contribution is 5.95. The first kappa shape index (κ1) is 6.46. The summed E-state index contributed by atoms with van der Waals surface area (Å²) in [5, 5.41) is 0. The Hall–Kier alpha value is -1.25. The zero-order valence-electron chi connectivity index (χ0n) is 6.45. The van der Waals surface area contributed by atoms with Gasteiger partial charge in [0.1, 0.15) is 0 Å². The molecule has 0 bridgehead atoms. The summed E-state index contributed by atoms with van der Waals surface area (Å²) >= 11 is 0. The van der Waals surface area contributed by atoms with E-state index in [-0.39, 0.29) is 5.91 Å². The van der Waals surface area contributed by atoms with Crippen LogP contribution in [-0.2, 0) is 7.05 Å². The van der Waals surface area contributed by atoms with Crippen LogP contribution in [0.2, 0.25) is 0 Å². The number of aryl methyl sites for hydroxylation is 1. The van der Waals surface area contributed by atoms with Gasteiger partial charge in [0.15, 0.2) is 0 Å². The summed E-state index contributed by atoms with van der Waals surface area (Å²) in [4.78, 5) is 13.1. The highest BCUT2D eigenvalue weighted by atomic mass is 16.2. The predicted octanol–water partition coefficient (Wildman–Crippen LogP) is 0.481. The minimum atomic E-state index is 0.158. The number of nitrogens with zero attached hydrogens (tertiary/aromatic N) is 2. The Kier molecular flexibility index (Phi) is 1.24. The van der Waals surface area contributed by atoms with Crippen LogP contribution in [0, 0.1) is 0 Å². The molecule has 1 amide bonds. The van der Waals surface area contributed by atoms with Crippen LogP contribution in [0.15, 0.2) is 18.5 Å². The molecule has 0 saturated carbocycles. The molecule has 1 aliphatic rings. The molecule has 3 nitrogen and oxygen atoms in total. The van der Waals surface area contributed by atoms with Gasteiger partial charge < -0.3 is 9.47 Å². The zero-order valence-corrected chi connectivity index (χ0v) is 6.45. The summed E-state index contributed by atoms with van der Waals surface area (Å²) in [5.74, 6) is 0.158. The smallest absolute Gasteiger partial charge is 0.255 e. The molecule has 0 unspecified atom stereocenters. The van der Waals surface area contributed by atoms with E-state index in [0.29, 0.717) is 0 Å². The van der Waals surface area contributed by atoms with E-state index in [2.05, 4.69) is 0 Å². The topological polar surface area (TPSA) is 25.0 Å². The van der Waals surface area contributed by atoms with E-state index in [0.717, 1.165) is 18.7 Å². The average molecular weight is 150 g/mol. The van der Waals surface area contributed by atoms with Crippen LogP contribution in [0.5, 0.6) is 0 Å². The van der Waals surface area contributed by atoms with E-state index in [1.54, 1.807) is 0 Å². The van der Waals surface area contributed by atoms with Crippen molar-refractivity contribution in [1.29, 1.82) is 0 Å². The third kappa shape index (κ3) is 1.13. The van der Waals surface area contributed by atoms with Crippen molar-refractivity contribution in [3.8, 4) is 0 Å². The molecule has 0 radical (unpaired) electrons. The summed E-state index contributed by atoms with van der Waals surface area (Å²) in [6.45, 7) is 1.85. The van der Waals surface area contributed by atoms with Gasteiger partial charge in [-0.1, -0.05) is 0 Å². The molecule has 2 rings (SSSR count). The van der Waals surface area contributed by atoms with Gasteiger partial charge in [-0.05, 0) is 6.07 Å². The molecule has 0 aromatic carbocycles. The standard InChI is InChI=1S/C8H10N2O/c1-9-3-2-7(6-9)8(11)10-4-5-10/h2-3,6H,4-5H2,1H3. The number of rotatable bonds is 1. The van der Waals surface area contributed by atoms with Gasteiger partial charge in [-0.25, -0.2) is 0 Å². The molecule has 58 valence electrons. The Labute approximate surface area is 65.2 Å². The molecule has 1 aromatic heterocycles. The zero-order chi connectivity index (χ0) is 7.84. The van der Waals surface area contributed by atoms with Crippen molar-refractivity contribution >= 4 is 5.91 Å². The predicted molar refractivity (Wildman–Crippen MR) is 41.3 cm³/mol. The highest BCUT2D eigenvalue weighted by Crippen LogP contribution is 2.11. The Morgan fingerprint density at radius 1 is 1.55 bits per heavy atom. The second-order valence-electron chi connectivity index (χ2n) is 2.86. The molecular weight excluding hydrogens is 140 g/mol. The number of hydrogen-bond donors (Lipinski definition) is 0. The molecular formula is C8H10N2O. The molecule has 1 aliphatic heterocycles. The maximum atomic E-state index is 11.3. The van der Waals surface area contributed by atoms with Crippen molar-refractivity contribution in [2.75, 3.05) is 13.1 Å². The lowest BCUT2D eigenvalue weighted by molar-refractivity contribution is 0.0885. The minimum absolute atomic E-state index is 0.158. The van der Waals surface area contributed by atoms with Gasteiger partial charge in [-0.15, -0.1) is 0 Å². The third-order valence-electron chi connectivity index (χ3n) is 1.81. The normalized spacial score (nSPS) is 15.2. The number of amides is 1. The van der Waals surface area contributed by atoms with Gasteiger partial charge in [0.2, 0.25) is 0 Å². The Bertz CT molecular complexity index is 286. The fraction of sp³-hybridized carbons (Fsp3) is 0.375. The van der Waals surface area contributed by atoms with Gasteiger partial charge in [0, 0.05) is 32.5 Å². The fourth-order valence-electron chi connectivity index (χ4n) is 1.07. The van der Waals surface area contributed by atoms with Crippen LogP contribution in [0.3, 0.4) is 0 Å². The first-order chi connectivity index (χ1) is 5.27. The third-order valence-corrected chi connectivity index (χ3v) is 1.81. The molecule has 1 saturated heterocycles. The van der Waals surface area contributed by atoms with Gasteiger partial charge >= 0.3 is 0 Å². The Morgan fingerprint density at radius 2 is 2.27 bits per heavy atom. The number of aromatic nitrogens is 1. The van der Waals surface area contributed by atoms with Crippen molar-refractivity contribution in [2.45, 2.75) is 0 Å². The Balaban J connectivity index is 2.21. The fourth-order valence-corrected chi connectivity index (χ4v) is 1.07. The van der Waals surface area contributed by atoms with Crippen LogP contribution in [0.1, 0.15) is 10.4 Å². The van der Waals surface area contributed by atoms with Crippen molar-refractivity contribution in [3.63, 3.8) is 0 Å². The van der Waals surface area contributed by atoms with E-state index in [1.165, 1.54) is 0 Å². The van der Waals surface area contributed by atoms with Crippen LogP contribution >= 0.6 is 0 Å². The van der Waals surface area contributed by atoms with Gasteiger partial charge in [0.25, 0.3) is 5.91 Å². The maximum absolute atomic E-state index is 11.3. The lowest BCUT2D eigenvalue weighted by atomic mass is 10.3. The Morgan fingerprint density at radius 3 is 2.73 bits per heavy atom. The lowest BCUT2D eigenvalue weighted by Crippen LogP contribution is -2.09. The van der Waals surface area contributed by atoms with Crippen molar-refractivity contribution in [3.05, 3.63) is 24.0 Å². The van der Waals surface area contributed by atoms with Gasteiger partial charge in [-0.2, -0.15) is 0 Å². The van der Waals surface area contributed by atoms with E-state index in [9.17, 15) is 4.79 Å². The number of hydrogen-bond acceptors (Lipinski definition) is 1. The maximum Gasteiger partial charge on any atom is 0.255 e. The van der Waals surface area contributed by atoms with Crippen molar-refractivity contribution in [1.82, 2.24) is 9.47 Å². The molecule has 0 N–H and O–H groups in total. The SMILES string of the molecule is Cn1ccc(C(=O)N2CC2)c1. The quantitative estimate of drug-likeness (QED) is 0.534. The summed E-state index contributed by atoms with van der Waals surface area (Å²) in [6, 6.07) is 1.85. The molecule has 0 spiro atoms. The van der Waals surface area contributed by atoms with Crippen LogP contribution in [-0.4, -0.2) is 28.5 Å². The first-order valence-electron chi connectivity index (χ1n) is 3.68. The van der Waals surface area contributed by atoms with E-state index < -0.39 is 0 Å². The number of carbonyl (C=O) groups is 1. The summed E-state index contributed by atoms with van der Waals surface area (Å²) in [5.41, 5.74) is 0.796. The first-order valence-corrected chi connectivity index (χ1v) is 3.68. The van der Waals surface area contributed by atoms with Crippen molar-refractivity contribution in [2.24, 2.45) is 7.05 Å². The van der Waals surface area contributed by atoms with Crippen LogP contribution in [0.4, 0.5) is 0 Å². The van der Waals surface area contributed by atoms with E-state index in [4.69, 9.17) is 0 Å². The second-order valence-corrected chi connectivity index (χ2v) is 2.86. The molecule has 2 heterocycles. The van der Waals surface area contributed by atoms with Crippen molar-refractivity contribution < 1.29 is 4.79 Å². The molecule has 0 atom stereocenters. The van der Waals surface area contributed by atoms with Gasteiger partial charge in [-0.3, -0.25) is 4.79 Å². The molecule has 0 aliphatic carbocycles. The molecule has 1 fully saturated rings. The van der Waals surface area contributed by atoms with E-state index >= 15 is 0 Å². The molecule has 11 heavy (non-hydrogen) atoms. The lowest BCUT2D eigenvalue weighted by Gasteiger charge is -1.95. The minimum Gasteiger partial charge on any atom is -0.356 e. The molecule has 3 heteroatoms. The highest BCUT2D eigenvalue weighted by Gasteiger charge is 2.25. The number of carbonyl (C=O) groups excluding carboxylic acids is 1. The molecule has 1 aromatic rings. The van der Waals surface area contributed by atoms with Crippen LogP contribution < -0.4 is 0 Å². The van der Waals surface area contributed by atoms with Crippen LogP contribution in [0.25, 0.3) is 0 Å². The second kappa shape index (κ2) is 2.12. The largest absolute Gasteiger partial charge is 0.356 e. The van der Waals surface area contributed by atoms with Gasteiger partial charge in [0.05, 0.1) is 5.56 Å². The summed E-state index contributed by atoms with van der Waals surface area (Å²) in [7, 11) is 1.92. The summed E-state index contributed by atoms with van der Waals surface area (Å²) in [6.07, 6.45) is 3.73. The van der Waals surface area contributed by atoms with E-state index in [1.807, 2.05) is 35.0 Å².